The lowest BCUT2D eigenvalue weighted by molar-refractivity contribution is -0.141. The van der Waals surface area contributed by atoms with Crippen LogP contribution in [0.15, 0.2) is 73.4 Å². The van der Waals surface area contributed by atoms with E-state index < -0.39 is 11.9 Å². The van der Waals surface area contributed by atoms with E-state index in [1.54, 1.807) is 54.0 Å². The Bertz CT molecular complexity index is 1990. The first kappa shape index (κ1) is 33.4. The number of halogens is 3. The molecule has 6 rings (SSSR count). The number of fused-ring (bicyclic) bond motifs is 1. The minimum atomic E-state index is -4.68. The number of carbonyl (C=O) groups is 2. The number of carbonyl (C=O) groups excluding carboxylic acids is 2. The summed E-state index contributed by atoms with van der Waals surface area (Å²) in [5.41, 5.74) is 3.46. The van der Waals surface area contributed by atoms with Crippen LogP contribution in [0.25, 0.3) is 11.1 Å². The molecular weight excluding hydrogens is 635 g/mol. The molecule has 0 unspecified atom stereocenters. The van der Waals surface area contributed by atoms with Crippen molar-refractivity contribution in [1.29, 1.82) is 0 Å². The van der Waals surface area contributed by atoms with Crippen LogP contribution in [0.3, 0.4) is 0 Å². The third-order valence-electron chi connectivity index (χ3n) is 8.59. The molecule has 13 heteroatoms. The molecule has 0 fully saturated rings. The Morgan fingerprint density at radius 3 is 2.57 bits per heavy atom. The molecule has 49 heavy (non-hydrogen) atoms. The SMILES string of the molecule is CCc1ccc(OCC(=O)NCc2cccnc2)c(CN2CCc3c(cc(Cn4ccnc4C)cc3-c3cn(C)nc3C(F)(F)F)C2=O)c1.[HH]. The van der Waals surface area contributed by atoms with E-state index >= 15 is 0 Å². The third-order valence-corrected chi connectivity index (χ3v) is 8.59. The second-order valence-corrected chi connectivity index (χ2v) is 12.0. The minimum Gasteiger partial charge on any atom is -0.483 e. The second kappa shape index (κ2) is 14.0. The van der Waals surface area contributed by atoms with Gasteiger partial charge in [-0.05, 0) is 71.8 Å². The summed E-state index contributed by atoms with van der Waals surface area (Å²) in [6.07, 6.45) is 4.54. The smallest absolute Gasteiger partial charge is 0.435 e. The molecule has 1 aliphatic rings. The van der Waals surface area contributed by atoms with E-state index in [2.05, 4.69) is 20.4 Å². The fourth-order valence-electron chi connectivity index (χ4n) is 6.08. The van der Waals surface area contributed by atoms with E-state index in [4.69, 9.17) is 4.74 Å². The van der Waals surface area contributed by atoms with Crippen LogP contribution in [-0.2, 0) is 50.5 Å². The lowest BCUT2D eigenvalue weighted by Crippen LogP contribution is -2.37. The number of ether oxygens (including phenoxy) is 1. The van der Waals surface area contributed by atoms with Gasteiger partial charge < -0.3 is 19.5 Å². The summed E-state index contributed by atoms with van der Waals surface area (Å²) in [5, 5.41) is 6.55. The Morgan fingerprint density at radius 1 is 1.04 bits per heavy atom. The van der Waals surface area contributed by atoms with E-state index in [-0.39, 0.29) is 38.5 Å². The van der Waals surface area contributed by atoms with Crippen molar-refractivity contribution in [3.63, 3.8) is 0 Å². The molecule has 4 heterocycles. The van der Waals surface area contributed by atoms with Crippen molar-refractivity contribution in [3.8, 4) is 16.9 Å². The molecule has 0 saturated heterocycles. The highest BCUT2D eigenvalue weighted by molar-refractivity contribution is 5.99. The minimum absolute atomic E-state index is 0. The molecular formula is C36H38F3N7O3. The molecule has 256 valence electrons. The molecule has 2 amide bonds. The lowest BCUT2D eigenvalue weighted by atomic mass is 9.88. The quantitative estimate of drug-likeness (QED) is 0.191. The van der Waals surface area contributed by atoms with Crippen molar-refractivity contribution in [3.05, 3.63) is 118 Å². The zero-order chi connectivity index (χ0) is 34.7. The van der Waals surface area contributed by atoms with Gasteiger partial charge in [0.05, 0.1) is 0 Å². The van der Waals surface area contributed by atoms with Gasteiger partial charge in [-0.25, -0.2) is 4.98 Å². The van der Waals surface area contributed by atoms with Crippen molar-refractivity contribution < 1.29 is 28.9 Å². The van der Waals surface area contributed by atoms with Crippen LogP contribution in [-0.4, -0.2) is 54.2 Å². The number of alkyl halides is 3. The van der Waals surface area contributed by atoms with E-state index in [9.17, 15) is 22.8 Å². The summed E-state index contributed by atoms with van der Waals surface area (Å²) in [6.45, 7) is 4.74. The standard InChI is InChI=1S/C36H36F3N7O3.H2/c1-4-24-7-8-32(49-22-33(47)42-18-25-6-5-10-40-17-25)27(14-24)20-46-12-9-28-29(31-21-44(3)43-34(31)36(37,38)39)15-26(16-30(28)35(46)48)19-45-13-11-41-23(45)2;/h5-8,10-11,13-17,21H,4,9,12,18-20,22H2,1-3H3,(H,42,47);1H. The van der Waals surface area contributed by atoms with Crippen LogP contribution in [0.4, 0.5) is 13.2 Å². The second-order valence-electron chi connectivity index (χ2n) is 12.0. The van der Waals surface area contributed by atoms with Crippen molar-refractivity contribution in [1.82, 2.24) is 34.5 Å². The van der Waals surface area contributed by atoms with Gasteiger partial charge in [-0.2, -0.15) is 18.3 Å². The van der Waals surface area contributed by atoms with Gasteiger partial charge in [0, 0.05) is 82.3 Å². The highest BCUT2D eigenvalue weighted by atomic mass is 19.4. The van der Waals surface area contributed by atoms with Gasteiger partial charge in [-0.15, -0.1) is 0 Å². The molecule has 0 bridgehead atoms. The van der Waals surface area contributed by atoms with Gasteiger partial charge in [-0.3, -0.25) is 19.3 Å². The summed E-state index contributed by atoms with van der Waals surface area (Å²) < 4.78 is 51.4. The van der Waals surface area contributed by atoms with Crippen LogP contribution in [0, 0.1) is 6.92 Å². The number of benzene rings is 2. The third kappa shape index (κ3) is 7.50. The normalized spacial score (nSPS) is 13.0. The number of amides is 2. The maximum Gasteiger partial charge on any atom is 0.435 e. The zero-order valence-corrected chi connectivity index (χ0v) is 27.4. The van der Waals surface area contributed by atoms with Gasteiger partial charge in [-0.1, -0.05) is 25.1 Å². The van der Waals surface area contributed by atoms with E-state index in [1.807, 2.05) is 36.6 Å². The number of imidazole rings is 1. The topological polar surface area (TPSA) is 107 Å². The summed E-state index contributed by atoms with van der Waals surface area (Å²) >= 11 is 0. The van der Waals surface area contributed by atoms with Gasteiger partial charge >= 0.3 is 6.18 Å². The van der Waals surface area contributed by atoms with Gasteiger partial charge in [0.2, 0.25) is 0 Å². The fourth-order valence-corrected chi connectivity index (χ4v) is 6.08. The van der Waals surface area contributed by atoms with Crippen LogP contribution in [0.2, 0.25) is 0 Å². The molecule has 0 aliphatic carbocycles. The number of hydrogen-bond acceptors (Lipinski definition) is 6. The number of pyridine rings is 1. The highest BCUT2D eigenvalue weighted by Gasteiger charge is 2.39. The van der Waals surface area contributed by atoms with Gasteiger partial charge in [0.1, 0.15) is 11.6 Å². The number of aromatic nitrogens is 5. The van der Waals surface area contributed by atoms with Crippen molar-refractivity contribution in [2.24, 2.45) is 7.05 Å². The van der Waals surface area contributed by atoms with E-state index in [0.717, 1.165) is 33.6 Å². The largest absolute Gasteiger partial charge is 0.483 e. The summed E-state index contributed by atoms with van der Waals surface area (Å²) in [5.74, 6) is 0.603. The van der Waals surface area contributed by atoms with Gasteiger partial charge in [0.15, 0.2) is 12.3 Å². The first-order chi connectivity index (χ1) is 23.5. The summed E-state index contributed by atoms with van der Waals surface area (Å²) in [7, 11) is 1.45. The Labute approximate surface area is 283 Å². The highest BCUT2D eigenvalue weighted by Crippen LogP contribution is 2.40. The first-order valence-corrected chi connectivity index (χ1v) is 15.9. The molecule has 0 radical (unpaired) electrons. The molecule has 0 atom stereocenters. The number of nitrogens with zero attached hydrogens (tertiary/aromatic N) is 6. The molecule has 5 aromatic rings. The van der Waals surface area contributed by atoms with Crippen molar-refractivity contribution in [2.45, 2.75) is 52.5 Å². The Kier molecular flexibility index (Phi) is 9.52. The number of rotatable bonds is 11. The Balaban J connectivity index is 0.00000486. The van der Waals surface area contributed by atoms with Crippen molar-refractivity contribution >= 4 is 11.8 Å². The van der Waals surface area contributed by atoms with E-state index in [1.165, 1.54) is 13.2 Å². The van der Waals surface area contributed by atoms with Crippen LogP contribution < -0.4 is 10.1 Å². The molecule has 0 spiro atoms. The fraction of sp³-hybridized carbons (Fsp3) is 0.306. The van der Waals surface area contributed by atoms with Crippen LogP contribution in [0.5, 0.6) is 5.75 Å². The number of aryl methyl sites for hydroxylation is 3. The van der Waals surface area contributed by atoms with E-state index in [0.29, 0.717) is 47.5 Å². The zero-order valence-electron chi connectivity index (χ0n) is 27.4. The summed E-state index contributed by atoms with van der Waals surface area (Å²) in [6, 6.07) is 12.8. The maximum absolute atomic E-state index is 14.2. The molecule has 0 saturated carbocycles. The Morgan fingerprint density at radius 2 is 1.86 bits per heavy atom. The molecule has 2 aromatic carbocycles. The number of nitrogens with one attached hydrogen (secondary N) is 1. The average molecular weight is 674 g/mol. The predicted molar refractivity (Wildman–Crippen MR) is 178 cm³/mol. The molecule has 1 N–H and O–H groups in total. The lowest BCUT2D eigenvalue weighted by Gasteiger charge is -2.31. The molecule has 3 aromatic heterocycles. The monoisotopic (exact) mass is 673 g/mol. The van der Waals surface area contributed by atoms with Crippen molar-refractivity contribution in [2.75, 3.05) is 13.2 Å². The summed E-state index contributed by atoms with van der Waals surface area (Å²) in [4.78, 5) is 36.8. The average Bonchev–Trinajstić information content (AvgIpc) is 3.69. The van der Waals surface area contributed by atoms with Crippen LogP contribution >= 0.6 is 0 Å². The Hall–Kier alpha value is -5.46. The first-order valence-electron chi connectivity index (χ1n) is 15.9. The van der Waals surface area contributed by atoms with Gasteiger partial charge in [0.25, 0.3) is 11.8 Å². The molecule has 10 nitrogen and oxygen atoms in total. The predicted octanol–water partition coefficient (Wildman–Crippen LogP) is 5.76. The maximum atomic E-state index is 14.2. The van der Waals surface area contributed by atoms with Crippen LogP contribution in [0.1, 0.15) is 58.0 Å². The number of hydrogen-bond donors (Lipinski definition) is 1. The molecule has 1 aliphatic heterocycles.